The lowest BCUT2D eigenvalue weighted by molar-refractivity contribution is 0.252. The van der Waals surface area contributed by atoms with Gasteiger partial charge in [-0.1, -0.05) is 6.07 Å². The Kier molecular flexibility index (Phi) is 4.63. The molecule has 1 aromatic carbocycles. The highest BCUT2D eigenvalue weighted by molar-refractivity contribution is 5.42. The highest BCUT2D eigenvalue weighted by Crippen LogP contribution is 2.23. The maximum Gasteiger partial charge on any atom is 0.122 e. The van der Waals surface area contributed by atoms with Gasteiger partial charge in [-0.2, -0.15) is 0 Å². The van der Waals surface area contributed by atoms with Gasteiger partial charge >= 0.3 is 0 Å². The summed E-state index contributed by atoms with van der Waals surface area (Å²) in [5, 5.41) is 8.64. The van der Waals surface area contributed by atoms with Gasteiger partial charge in [-0.25, -0.2) is 0 Å². The molecule has 0 radical (unpaired) electrons. The molecule has 1 rings (SSSR count). The Morgan fingerprint density at radius 3 is 2.47 bits per heavy atom. The molecule has 0 heterocycles. The summed E-state index contributed by atoms with van der Waals surface area (Å²) in [7, 11) is 0. The molecule has 0 aliphatic heterocycles. The summed E-state index contributed by atoms with van der Waals surface area (Å²) in [6, 6.07) is 4.11. The first-order valence-corrected chi connectivity index (χ1v) is 5.47. The lowest BCUT2D eigenvalue weighted by Gasteiger charge is -2.12. The van der Waals surface area contributed by atoms with Crippen LogP contribution in [0.1, 0.15) is 29.5 Å². The van der Waals surface area contributed by atoms with Crippen LogP contribution in [0.5, 0.6) is 5.75 Å². The van der Waals surface area contributed by atoms with Crippen molar-refractivity contribution in [3.05, 3.63) is 28.8 Å². The number of hydrogen-bond acceptors (Lipinski definition) is 2. The maximum absolute atomic E-state index is 8.64. The Labute approximate surface area is 91.9 Å². The van der Waals surface area contributed by atoms with Crippen molar-refractivity contribution >= 4 is 0 Å². The van der Waals surface area contributed by atoms with E-state index in [4.69, 9.17) is 9.84 Å². The minimum atomic E-state index is 0.245. The fourth-order valence-corrected chi connectivity index (χ4v) is 1.48. The van der Waals surface area contributed by atoms with E-state index in [2.05, 4.69) is 26.8 Å². The van der Waals surface area contributed by atoms with E-state index < -0.39 is 0 Å². The van der Waals surface area contributed by atoms with Crippen molar-refractivity contribution in [1.29, 1.82) is 0 Å². The second kappa shape index (κ2) is 5.76. The van der Waals surface area contributed by atoms with Crippen LogP contribution in [0, 0.1) is 20.8 Å². The molecule has 0 spiro atoms. The molecule has 0 aliphatic carbocycles. The van der Waals surface area contributed by atoms with Gasteiger partial charge in [0.25, 0.3) is 0 Å². The number of aliphatic hydroxyl groups excluding tert-OH is 1. The number of benzene rings is 1. The van der Waals surface area contributed by atoms with Crippen LogP contribution in [-0.4, -0.2) is 18.3 Å². The van der Waals surface area contributed by atoms with E-state index in [-0.39, 0.29) is 6.61 Å². The van der Waals surface area contributed by atoms with Crippen LogP contribution >= 0.6 is 0 Å². The highest BCUT2D eigenvalue weighted by Gasteiger charge is 2.03. The Bertz CT molecular complexity index is 319. The molecule has 2 heteroatoms. The van der Waals surface area contributed by atoms with Crippen molar-refractivity contribution in [1.82, 2.24) is 0 Å². The predicted octanol–water partition coefficient (Wildman–Crippen LogP) is 2.76. The van der Waals surface area contributed by atoms with E-state index in [0.717, 1.165) is 18.6 Å². The molecule has 0 atom stereocenters. The summed E-state index contributed by atoms with van der Waals surface area (Å²) in [6.07, 6.45) is 1.72. The van der Waals surface area contributed by atoms with Crippen LogP contribution in [-0.2, 0) is 0 Å². The summed E-state index contributed by atoms with van der Waals surface area (Å²) in [5.41, 5.74) is 3.82. The molecule has 0 aliphatic rings. The molecule has 0 unspecified atom stereocenters. The van der Waals surface area contributed by atoms with Gasteiger partial charge in [0.15, 0.2) is 0 Å². The van der Waals surface area contributed by atoms with Crippen molar-refractivity contribution in [2.75, 3.05) is 13.2 Å². The molecule has 0 amide bonds. The Hall–Kier alpha value is -1.02. The summed E-state index contributed by atoms with van der Waals surface area (Å²) in [4.78, 5) is 0. The average Bonchev–Trinajstić information content (AvgIpc) is 2.24. The zero-order valence-electron chi connectivity index (χ0n) is 9.84. The predicted molar refractivity (Wildman–Crippen MR) is 62.5 cm³/mol. The molecular formula is C13H20O2. The minimum Gasteiger partial charge on any atom is -0.493 e. The van der Waals surface area contributed by atoms with E-state index in [1.807, 2.05) is 6.07 Å². The molecular weight excluding hydrogens is 188 g/mol. The van der Waals surface area contributed by atoms with Gasteiger partial charge in [0.1, 0.15) is 5.75 Å². The van der Waals surface area contributed by atoms with Gasteiger partial charge in [-0.05, 0) is 56.4 Å². The number of unbranched alkanes of at least 4 members (excludes halogenated alkanes) is 1. The smallest absolute Gasteiger partial charge is 0.122 e. The SMILES string of the molecule is Cc1ccc(OCCCCO)c(C)c1C. The summed E-state index contributed by atoms with van der Waals surface area (Å²) in [6.45, 7) is 7.24. The summed E-state index contributed by atoms with van der Waals surface area (Å²) >= 11 is 0. The van der Waals surface area contributed by atoms with E-state index in [9.17, 15) is 0 Å². The molecule has 0 aromatic heterocycles. The van der Waals surface area contributed by atoms with Crippen LogP contribution in [0.15, 0.2) is 12.1 Å². The standard InChI is InChI=1S/C13H20O2/c1-10-6-7-13(12(3)11(10)2)15-9-5-4-8-14/h6-7,14H,4-5,8-9H2,1-3H3. The normalized spacial score (nSPS) is 10.4. The third-order valence-electron chi connectivity index (χ3n) is 2.82. The Morgan fingerprint density at radius 2 is 1.80 bits per heavy atom. The molecule has 0 saturated carbocycles. The molecule has 2 nitrogen and oxygen atoms in total. The van der Waals surface area contributed by atoms with E-state index >= 15 is 0 Å². The van der Waals surface area contributed by atoms with Gasteiger partial charge in [0.05, 0.1) is 6.61 Å². The lowest BCUT2D eigenvalue weighted by atomic mass is 10.0. The Balaban J connectivity index is 2.58. The third-order valence-corrected chi connectivity index (χ3v) is 2.82. The first-order valence-electron chi connectivity index (χ1n) is 5.47. The van der Waals surface area contributed by atoms with Gasteiger partial charge in [0, 0.05) is 6.61 Å². The van der Waals surface area contributed by atoms with Crippen LogP contribution in [0.2, 0.25) is 0 Å². The maximum atomic E-state index is 8.64. The monoisotopic (exact) mass is 208 g/mol. The van der Waals surface area contributed by atoms with E-state index in [1.54, 1.807) is 0 Å². The lowest BCUT2D eigenvalue weighted by Crippen LogP contribution is -2.01. The van der Waals surface area contributed by atoms with Gasteiger partial charge in [-0.3, -0.25) is 0 Å². The highest BCUT2D eigenvalue weighted by atomic mass is 16.5. The number of ether oxygens (including phenoxy) is 1. The second-order valence-electron chi connectivity index (χ2n) is 3.91. The molecule has 0 fully saturated rings. The van der Waals surface area contributed by atoms with Crippen LogP contribution in [0.3, 0.4) is 0 Å². The number of aliphatic hydroxyl groups is 1. The van der Waals surface area contributed by atoms with E-state index in [0.29, 0.717) is 6.61 Å². The van der Waals surface area contributed by atoms with Crippen LogP contribution < -0.4 is 4.74 Å². The summed E-state index contributed by atoms with van der Waals surface area (Å²) in [5.74, 6) is 0.969. The molecule has 15 heavy (non-hydrogen) atoms. The quantitative estimate of drug-likeness (QED) is 0.754. The van der Waals surface area contributed by atoms with Crippen molar-refractivity contribution in [3.8, 4) is 5.75 Å². The summed E-state index contributed by atoms with van der Waals surface area (Å²) < 4.78 is 5.66. The first kappa shape index (κ1) is 12.1. The molecule has 84 valence electrons. The van der Waals surface area contributed by atoms with Gasteiger partial charge < -0.3 is 9.84 Å². The van der Waals surface area contributed by atoms with Crippen molar-refractivity contribution < 1.29 is 9.84 Å². The van der Waals surface area contributed by atoms with Gasteiger partial charge in [0.2, 0.25) is 0 Å². The second-order valence-corrected chi connectivity index (χ2v) is 3.91. The first-order chi connectivity index (χ1) is 7.16. The zero-order valence-corrected chi connectivity index (χ0v) is 9.84. The van der Waals surface area contributed by atoms with Crippen LogP contribution in [0.25, 0.3) is 0 Å². The number of aryl methyl sites for hydroxylation is 1. The fraction of sp³-hybridized carbons (Fsp3) is 0.538. The van der Waals surface area contributed by atoms with E-state index in [1.165, 1.54) is 16.7 Å². The minimum absolute atomic E-state index is 0.245. The fourth-order valence-electron chi connectivity index (χ4n) is 1.48. The van der Waals surface area contributed by atoms with Gasteiger partial charge in [-0.15, -0.1) is 0 Å². The van der Waals surface area contributed by atoms with Crippen molar-refractivity contribution in [2.24, 2.45) is 0 Å². The molecule has 1 aromatic rings. The largest absolute Gasteiger partial charge is 0.493 e. The number of rotatable bonds is 5. The number of hydrogen-bond donors (Lipinski definition) is 1. The third kappa shape index (κ3) is 3.24. The topological polar surface area (TPSA) is 29.5 Å². The molecule has 1 N–H and O–H groups in total. The van der Waals surface area contributed by atoms with Crippen molar-refractivity contribution in [3.63, 3.8) is 0 Å². The molecule has 0 bridgehead atoms. The average molecular weight is 208 g/mol. The van der Waals surface area contributed by atoms with Crippen LogP contribution in [0.4, 0.5) is 0 Å². The molecule has 0 saturated heterocycles. The Morgan fingerprint density at radius 1 is 1.07 bits per heavy atom. The zero-order chi connectivity index (χ0) is 11.3. The van der Waals surface area contributed by atoms with Crippen molar-refractivity contribution in [2.45, 2.75) is 33.6 Å².